The Morgan fingerprint density at radius 1 is 1.31 bits per heavy atom. The molecule has 0 saturated carbocycles. The van der Waals surface area contributed by atoms with E-state index in [0.29, 0.717) is 22.2 Å². The summed E-state index contributed by atoms with van der Waals surface area (Å²) in [6, 6.07) is 12.3. The minimum absolute atomic E-state index is 0.124. The van der Waals surface area contributed by atoms with Crippen molar-refractivity contribution in [3.63, 3.8) is 0 Å². The van der Waals surface area contributed by atoms with Crippen LogP contribution in [0.15, 0.2) is 42.5 Å². The molecule has 0 bridgehead atoms. The third-order valence-corrected chi connectivity index (χ3v) is 4.53. The zero-order chi connectivity index (χ0) is 18.7. The van der Waals surface area contributed by atoms with Gasteiger partial charge in [-0.1, -0.05) is 23.7 Å². The number of fused-ring (bicyclic) bond motifs is 1. The Morgan fingerprint density at radius 2 is 2.08 bits per heavy atom. The zero-order valence-electron chi connectivity index (χ0n) is 14.5. The molecule has 1 aliphatic heterocycles. The van der Waals surface area contributed by atoms with Crippen LogP contribution in [0.1, 0.15) is 5.56 Å². The second-order valence-electron chi connectivity index (χ2n) is 5.89. The number of aryl methyl sites for hydroxylation is 1. The second kappa shape index (κ2) is 7.66. The second-order valence-corrected chi connectivity index (χ2v) is 6.30. The lowest BCUT2D eigenvalue weighted by atomic mass is 10.1. The SMILES string of the molecule is CNC(=O)[C@@H]1CN(C(=O)COc2ccc(Cl)c(C)c2)c2ccccc2O1. The Morgan fingerprint density at radius 3 is 2.81 bits per heavy atom. The summed E-state index contributed by atoms with van der Waals surface area (Å²) in [4.78, 5) is 26.2. The quantitative estimate of drug-likeness (QED) is 0.893. The zero-order valence-corrected chi connectivity index (χ0v) is 15.2. The van der Waals surface area contributed by atoms with Crippen molar-refractivity contribution in [2.45, 2.75) is 13.0 Å². The van der Waals surface area contributed by atoms with Gasteiger partial charge in [0.05, 0.1) is 12.2 Å². The first kappa shape index (κ1) is 18.1. The van der Waals surface area contributed by atoms with Crippen LogP contribution in [0.5, 0.6) is 11.5 Å². The van der Waals surface area contributed by atoms with Gasteiger partial charge in [-0.3, -0.25) is 9.59 Å². The van der Waals surface area contributed by atoms with Crippen molar-refractivity contribution in [2.75, 3.05) is 25.1 Å². The van der Waals surface area contributed by atoms with Gasteiger partial charge in [0.1, 0.15) is 11.5 Å². The number of amides is 2. The van der Waals surface area contributed by atoms with E-state index >= 15 is 0 Å². The molecule has 3 rings (SSSR count). The van der Waals surface area contributed by atoms with Crippen molar-refractivity contribution >= 4 is 29.1 Å². The summed E-state index contributed by atoms with van der Waals surface area (Å²) in [7, 11) is 1.53. The number of hydrogen-bond donors (Lipinski definition) is 1. The number of nitrogens with one attached hydrogen (secondary N) is 1. The highest BCUT2D eigenvalue weighted by Crippen LogP contribution is 2.33. The molecule has 0 unspecified atom stereocenters. The standard InChI is InChI=1S/C19H19ClN2O4/c1-12-9-13(7-8-14(12)20)25-11-18(23)22-10-17(19(24)21-2)26-16-6-4-3-5-15(16)22/h3-9,17H,10-11H2,1-2H3,(H,21,24)/t17-/m0/s1. The third-order valence-electron chi connectivity index (χ3n) is 4.11. The monoisotopic (exact) mass is 374 g/mol. The van der Waals surface area contributed by atoms with Gasteiger partial charge >= 0.3 is 0 Å². The number of benzene rings is 2. The van der Waals surface area contributed by atoms with Crippen molar-refractivity contribution in [2.24, 2.45) is 0 Å². The Balaban J connectivity index is 1.76. The first-order valence-electron chi connectivity index (χ1n) is 8.16. The van der Waals surface area contributed by atoms with E-state index in [0.717, 1.165) is 5.56 Å². The summed E-state index contributed by atoms with van der Waals surface area (Å²) in [5.41, 5.74) is 1.49. The number of para-hydroxylation sites is 2. The van der Waals surface area contributed by atoms with Crippen LogP contribution in [0.3, 0.4) is 0 Å². The summed E-state index contributed by atoms with van der Waals surface area (Å²) in [5.74, 6) is 0.501. The lowest BCUT2D eigenvalue weighted by Gasteiger charge is -2.33. The average molecular weight is 375 g/mol. The minimum atomic E-state index is -0.767. The number of carbonyl (C=O) groups excluding carboxylic acids is 2. The van der Waals surface area contributed by atoms with Crippen LogP contribution in [0.2, 0.25) is 5.02 Å². The molecule has 0 fully saturated rings. The van der Waals surface area contributed by atoms with Gasteiger partial charge in [0.25, 0.3) is 11.8 Å². The Hall–Kier alpha value is -2.73. The molecule has 0 aliphatic carbocycles. The normalized spacial score (nSPS) is 15.7. The molecule has 1 atom stereocenters. The molecule has 26 heavy (non-hydrogen) atoms. The molecule has 0 spiro atoms. The van der Waals surface area contributed by atoms with Gasteiger partial charge in [-0.2, -0.15) is 0 Å². The number of hydrogen-bond acceptors (Lipinski definition) is 4. The van der Waals surface area contributed by atoms with E-state index in [9.17, 15) is 9.59 Å². The Labute approximate surface area is 156 Å². The number of likely N-dealkylation sites (N-methyl/N-ethyl adjacent to an activating group) is 1. The summed E-state index contributed by atoms with van der Waals surface area (Å²) >= 11 is 6.00. The van der Waals surface area contributed by atoms with E-state index in [4.69, 9.17) is 21.1 Å². The fraction of sp³-hybridized carbons (Fsp3) is 0.263. The maximum Gasteiger partial charge on any atom is 0.265 e. The number of carbonyl (C=O) groups is 2. The molecule has 0 aromatic heterocycles. The van der Waals surface area contributed by atoms with Crippen LogP contribution in [-0.4, -0.2) is 38.1 Å². The van der Waals surface area contributed by atoms with Gasteiger partial charge < -0.3 is 19.7 Å². The molecule has 0 saturated heterocycles. The fourth-order valence-electron chi connectivity index (χ4n) is 2.70. The van der Waals surface area contributed by atoms with Gasteiger partial charge in [-0.05, 0) is 42.8 Å². The largest absolute Gasteiger partial charge is 0.484 e. The molecule has 2 amide bonds. The van der Waals surface area contributed by atoms with Crippen LogP contribution < -0.4 is 19.7 Å². The number of halogens is 1. The van der Waals surface area contributed by atoms with Gasteiger partial charge in [0.15, 0.2) is 12.7 Å². The van der Waals surface area contributed by atoms with E-state index in [-0.39, 0.29) is 25.0 Å². The van der Waals surface area contributed by atoms with Gasteiger partial charge in [-0.25, -0.2) is 0 Å². The number of nitrogens with zero attached hydrogens (tertiary/aromatic N) is 1. The molecular weight excluding hydrogens is 356 g/mol. The Kier molecular flexibility index (Phi) is 5.32. The van der Waals surface area contributed by atoms with Crippen LogP contribution in [0.4, 0.5) is 5.69 Å². The van der Waals surface area contributed by atoms with Crippen molar-refractivity contribution < 1.29 is 19.1 Å². The van der Waals surface area contributed by atoms with Crippen molar-refractivity contribution in [3.8, 4) is 11.5 Å². The van der Waals surface area contributed by atoms with E-state index in [1.807, 2.05) is 13.0 Å². The predicted molar refractivity (Wildman–Crippen MR) is 99.0 cm³/mol. The molecule has 0 radical (unpaired) electrons. The average Bonchev–Trinajstić information content (AvgIpc) is 2.67. The number of ether oxygens (including phenoxy) is 2. The topological polar surface area (TPSA) is 67.9 Å². The van der Waals surface area contributed by atoms with E-state index in [1.54, 1.807) is 36.4 Å². The van der Waals surface area contributed by atoms with Crippen LogP contribution in [0.25, 0.3) is 0 Å². The smallest absolute Gasteiger partial charge is 0.265 e. The van der Waals surface area contributed by atoms with Crippen molar-refractivity contribution in [1.82, 2.24) is 5.32 Å². The molecule has 2 aromatic rings. The predicted octanol–water partition coefficient (Wildman–Crippen LogP) is 2.57. The number of rotatable bonds is 4. The summed E-state index contributed by atoms with van der Waals surface area (Å²) in [6.07, 6.45) is -0.767. The highest BCUT2D eigenvalue weighted by molar-refractivity contribution is 6.31. The fourth-order valence-corrected chi connectivity index (χ4v) is 2.82. The first-order chi connectivity index (χ1) is 12.5. The first-order valence-corrected chi connectivity index (χ1v) is 8.54. The summed E-state index contributed by atoms with van der Waals surface area (Å²) in [5, 5.41) is 3.19. The van der Waals surface area contributed by atoms with E-state index in [1.165, 1.54) is 11.9 Å². The van der Waals surface area contributed by atoms with Gasteiger partial charge in [0.2, 0.25) is 0 Å². The molecule has 1 heterocycles. The van der Waals surface area contributed by atoms with Crippen LogP contribution >= 0.6 is 11.6 Å². The summed E-state index contributed by atoms with van der Waals surface area (Å²) < 4.78 is 11.3. The molecule has 2 aromatic carbocycles. The molecular formula is C19H19ClN2O4. The highest BCUT2D eigenvalue weighted by atomic mass is 35.5. The van der Waals surface area contributed by atoms with Crippen LogP contribution in [0, 0.1) is 6.92 Å². The lowest BCUT2D eigenvalue weighted by Crippen LogP contribution is -2.51. The molecule has 1 N–H and O–H groups in total. The highest BCUT2D eigenvalue weighted by Gasteiger charge is 2.33. The van der Waals surface area contributed by atoms with Gasteiger partial charge in [-0.15, -0.1) is 0 Å². The maximum absolute atomic E-state index is 12.7. The minimum Gasteiger partial charge on any atom is -0.484 e. The van der Waals surface area contributed by atoms with Crippen molar-refractivity contribution in [1.29, 1.82) is 0 Å². The summed E-state index contributed by atoms with van der Waals surface area (Å²) in [6.45, 7) is 1.83. The van der Waals surface area contributed by atoms with Gasteiger partial charge in [0, 0.05) is 12.1 Å². The lowest BCUT2D eigenvalue weighted by molar-refractivity contribution is -0.128. The van der Waals surface area contributed by atoms with Crippen LogP contribution in [-0.2, 0) is 9.59 Å². The third kappa shape index (κ3) is 3.75. The molecule has 136 valence electrons. The molecule has 7 heteroatoms. The Bertz CT molecular complexity index is 840. The molecule has 1 aliphatic rings. The maximum atomic E-state index is 12.7. The number of anilines is 1. The van der Waals surface area contributed by atoms with E-state index in [2.05, 4.69) is 5.32 Å². The van der Waals surface area contributed by atoms with E-state index < -0.39 is 6.10 Å². The van der Waals surface area contributed by atoms with Crippen molar-refractivity contribution in [3.05, 3.63) is 53.1 Å². The molecule has 6 nitrogen and oxygen atoms in total.